The van der Waals surface area contributed by atoms with E-state index in [1.165, 1.54) is 5.56 Å². The lowest BCUT2D eigenvalue weighted by atomic mass is 10.0. The van der Waals surface area contributed by atoms with E-state index in [2.05, 4.69) is 16.6 Å². The summed E-state index contributed by atoms with van der Waals surface area (Å²) in [7, 11) is 0. The van der Waals surface area contributed by atoms with Gasteiger partial charge in [-0.05, 0) is 73.9 Å². The van der Waals surface area contributed by atoms with Gasteiger partial charge in [-0.1, -0.05) is 42.0 Å². The van der Waals surface area contributed by atoms with Crippen LogP contribution in [-0.2, 0) is 11.2 Å². The van der Waals surface area contributed by atoms with Gasteiger partial charge < -0.3 is 4.74 Å². The second-order valence-corrected chi connectivity index (χ2v) is 6.78. The number of nitrogens with one attached hydrogen (secondary N) is 1. The highest BCUT2D eigenvalue weighted by molar-refractivity contribution is 5.99. The Morgan fingerprint density at radius 2 is 1.61 bits per heavy atom. The van der Waals surface area contributed by atoms with Gasteiger partial charge >= 0.3 is 0 Å². The van der Waals surface area contributed by atoms with E-state index in [0.717, 1.165) is 33.9 Å². The van der Waals surface area contributed by atoms with E-state index in [0.29, 0.717) is 6.42 Å². The van der Waals surface area contributed by atoms with Crippen molar-refractivity contribution in [1.82, 2.24) is 5.43 Å². The number of carbonyl (C=O) groups excluding carboxylic acids is 1. The van der Waals surface area contributed by atoms with Crippen LogP contribution in [0.15, 0.2) is 77.9 Å². The highest BCUT2D eigenvalue weighted by Crippen LogP contribution is 2.21. The first-order valence-electron chi connectivity index (χ1n) is 9.24. The Kier molecular flexibility index (Phi) is 6.22. The Labute approximate surface area is 165 Å². The molecule has 0 fully saturated rings. The molecule has 0 atom stereocenters. The summed E-state index contributed by atoms with van der Waals surface area (Å²) < 4.78 is 5.79. The number of hydrogen-bond acceptors (Lipinski definition) is 3. The molecule has 1 amide bonds. The first-order valence-corrected chi connectivity index (χ1v) is 9.24. The zero-order valence-corrected chi connectivity index (χ0v) is 16.4. The zero-order chi connectivity index (χ0) is 19.9. The fourth-order valence-corrected chi connectivity index (χ4v) is 2.86. The van der Waals surface area contributed by atoms with Gasteiger partial charge in [-0.3, -0.25) is 4.79 Å². The third-order valence-corrected chi connectivity index (χ3v) is 4.45. The maximum absolute atomic E-state index is 12.2. The highest BCUT2D eigenvalue weighted by Gasteiger charge is 2.06. The van der Waals surface area contributed by atoms with Gasteiger partial charge in [-0.2, -0.15) is 5.10 Å². The summed E-state index contributed by atoms with van der Waals surface area (Å²) in [6.45, 7) is 5.92. The number of hydrogen-bond donors (Lipinski definition) is 1. The SMILES string of the molecule is C/C(=N\NC(=O)Cc1ccc(C)cc1C)c1ccc(Oc2ccccc2)cc1. The minimum absolute atomic E-state index is 0.129. The quantitative estimate of drug-likeness (QED) is 0.479. The number of hydrazone groups is 1. The predicted octanol–water partition coefficient (Wildman–Crippen LogP) is 5.18. The maximum atomic E-state index is 12.2. The molecule has 3 rings (SSSR count). The minimum Gasteiger partial charge on any atom is -0.457 e. The van der Waals surface area contributed by atoms with Gasteiger partial charge in [0.05, 0.1) is 12.1 Å². The van der Waals surface area contributed by atoms with E-state index in [1.54, 1.807) is 0 Å². The van der Waals surface area contributed by atoms with Crippen molar-refractivity contribution < 1.29 is 9.53 Å². The number of amides is 1. The fraction of sp³-hybridized carbons (Fsp3) is 0.167. The van der Waals surface area contributed by atoms with Crippen LogP contribution in [0.3, 0.4) is 0 Å². The number of carbonyl (C=O) groups is 1. The molecule has 3 aromatic carbocycles. The van der Waals surface area contributed by atoms with Crippen LogP contribution >= 0.6 is 0 Å². The lowest BCUT2D eigenvalue weighted by Gasteiger charge is -2.08. The largest absolute Gasteiger partial charge is 0.457 e. The van der Waals surface area contributed by atoms with Crippen molar-refractivity contribution in [3.8, 4) is 11.5 Å². The van der Waals surface area contributed by atoms with E-state index >= 15 is 0 Å². The van der Waals surface area contributed by atoms with Gasteiger partial charge in [-0.25, -0.2) is 5.43 Å². The zero-order valence-electron chi connectivity index (χ0n) is 16.4. The van der Waals surface area contributed by atoms with E-state index in [4.69, 9.17) is 4.74 Å². The van der Waals surface area contributed by atoms with Crippen LogP contribution in [-0.4, -0.2) is 11.6 Å². The number of aryl methyl sites for hydroxylation is 2. The van der Waals surface area contributed by atoms with E-state index in [1.807, 2.05) is 87.5 Å². The van der Waals surface area contributed by atoms with Crippen LogP contribution in [0.2, 0.25) is 0 Å². The van der Waals surface area contributed by atoms with E-state index in [-0.39, 0.29) is 5.91 Å². The molecule has 28 heavy (non-hydrogen) atoms. The van der Waals surface area contributed by atoms with Crippen LogP contribution in [0.4, 0.5) is 0 Å². The number of benzene rings is 3. The topological polar surface area (TPSA) is 50.7 Å². The Morgan fingerprint density at radius 1 is 0.929 bits per heavy atom. The van der Waals surface area contributed by atoms with Crippen molar-refractivity contribution >= 4 is 11.6 Å². The van der Waals surface area contributed by atoms with Crippen LogP contribution in [0.1, 0.15) is 29.2 Å². The number of para-hydroxylation sites is 1. The maximum Gasteiger partial charge on any atom is 0.244 e. The number of nitrogens with zero attached hydrogens (tertiary/aromatic N) is 1. The summed E-state index contributed by atoms with van der Waals surface area (Å²) in [4.78, 5) is 12.2. The van der Waals surface area contributed by atoms with Crippen molar-refractivity contribution in [2.24, 2.45) is 5.10 Å². The molecule has 0 saturated carbocycles. The van der Waals surface area contributed by atoms with Gasteiger partial charge in [0, 0.05) is 0 Å². The molecular formula is C24H24N2O2. The molecule has 0 spiro atoms. The summed E-state index contributed by atoms with van der Waals surface area (Å²) in [5.41, 5.74) is 7.62. The van der Waals surface area contributed by atoms with Crippen LogP contribution in [0.25, 0.3) is 0 Å². The third-order valence-electron chi connectivity index (χ3n) is 4.45. The average Bonchev–Trinajstić information content (AvgIpc) is 2.70. The molecule has 0 radical (unpaired) electrons. The van der Waals surface area contributed by atoms with Crippen LogP contribution < -0.4 is 10.2 Å². The van der Waals surface area contributed by atoms with E-state index < -0.39 is 0 Å². The Bertz CT molecular complexity index is 977. The Morgan fingerprint density at radius 3 is 2.29 bits per heavy atom. The van der Waals surface area contributed by atoms with Crippen molar-refractivity contribution in [3.63, 3.8) is 0 Å². The molecule has 4 nitrogen and oxygen atoms in total. The Hall–Kier alpha value is -3.40. The summed E-state index contributed by atoms with van der Waals surface area (Å²) in [6.07, 6.45) is 0.312. The molecule has 0 aliphatic carbocycles. The average molecular weight is 372 g/mol. The monoisotopic (exact) mass is 372 g/mol. The van der Waals surface area contributed by atoms with Gasteiger partial charge in [0.15, 0.2) is 0 Å². The molecule has 0 saturated heterocycles. The first kappa shape index (κ1) is 19.4. The standard InChI is InChI=1S/C24H24N2O2/c1-17-9-10-21(18(2)15-17)16-24(27)26-25-19(3)20-11-13-23(14-12-20)28-22-7-5-4-6-8-22/h4-15H,16H2,1-3H3,(H,26,27)/b25-19+. The number of rotatable bonds is 6. The molecule has 0 heterocycles. The van der Waals surface area contributed by atoms with Gasteiger partial charge in [0.1, 0.15) is 11.5 Å². The molecule has 0 aliphatic heterocycles. The van der Waals surface area contributed by atoms with Crippen molar-refractivity contribution in [1.29, 1.82) is 0 Å². The lowest BCUT2D eigenvalue weighted by molar-refractivity contribution is -0.120. The third kappa shape index (κ3) is 5.30. The number of ether oxygens (including phenoxy) is 1. The Balaban J connectivity index is 1.59. The summed E-state index contributed by atoms with van der Waals surface area (Å²) in [5, 5.41) is 4.23. The first-order chi connectivity index (χ1) is 13.5. The van der Waals surface area contributed by atoms with Gasteiger partial charge in [0.25, 0.3) is 0 Å². The minimum atomic E-state index is -0.129. The molecule has 142 valence electrons. The molecule has 4 heteroatoms. The van der Waals surface area contributed by atoms with Crippen molar-refractivity contribution in [2.75, 3.05) is 0 Å². The summed E-state index contributed by atoms with van der Waals surface area (Å²) in [5.74, 6) is 1.41. The van der Waals surface area contributed by atoms with Crippen molar-refractivity contribution in [2.45, 2.75) is 27.2 Å². The van der Waals surface area contributed by atoms with E-state index in [9.17, 15) is 4.79 Å². The van der Waals surface area contributed by atoms with Gasteiger partial charge in [-0.15, -0.1) is 0 Å². The fourth-order valence-electron chi connectivity index (χ4n) is 2.86. The van der Waals surface area contributed by atoms with Crippen LogP contribution in [0, 0.1) is 13.8 Å². The van der Waals surface area contributed by atoms with Crippen LogP contribution in [0.5, 0.6) is 11.5 Å². The normalized spacial score (nSPS) is 11.2. The van der Waals surface area contributed by atoms with Gasteiger partial charge in [0.2, 0.25) is 5.91 Å². The molecule has 0 aromatic heterocycles. The molecule has 0 bridgehead atoms. The summed E-state index contributed by atoms with van der Waals surface area (Å²) in [6, 6.07) is 23.3. The molecule has 3 aromatic rings. The smallest absolute Gasteiger partial charge is 0.244 e. The second kappa shape index (κ2) is 9.00. The summed E-state index contributed by atoms with van der Waals surface area (Å²) >= 11 is 0. The highest BCUT2D eigenvalue weighted by atomic mass is 16.5. The molecule has 1 N–H and O–H groups in total. The van der Waals surface area contributed by atoms with Crippen molar-refractivity contribution in [3.05, 3.63) is 95.1 Å². The predicted molar refractivity (Wildman–Crippen MR) is 113 cm³/mol. The molecule has 0 aliphatic rings. The lowest BCUT2D eigenvalue weighted by Crippen LogP contribution is -2.21. The second-order valence-electron chi connectivity index (χ2n) is 6.78. The molecular weight excluding hydrogens is 348 g/mol. The molecule has 0 unspecified atom stereocenters.